The third kappa shape index (κ3) is 2.05. The Labute approximate surface area is 107 Å². The predicted octanol–water partition coefficient (Wildman–Crippen LogP) is 3.98. The summed E-state index contributed by atoms with van der Waals surface area (Å²) in [7, 11) is 0. The molecule has 2 aromatic rings. The summed E-state index contributed by atoms with van der Waals surface area (Å²) in [5.74, 6) is -0.202. The minimum atomic E-state index is -0.202. The van der Waals surface area contributed by atoms with E-state index < -0.39 is 0 Å². The normalized spacial score (nSPS) is 10.9. The molecule has 0 fully saturated rings. The highest BCUT2D eigenvalue weighted by Gasteiger charge is 2.13. The molecule has 1 aromatic carbocycles. The van der Waals surface area contributed by atoms with Gasteiger partial charge in [0.2, 0.25) is 0 Å². The van der Waals surface area contributed by atoms with Crippen molar-refractivity contribution < 1.29 is 4.39 Å². The number of nitrogens with zero attached hydrogens (tertiary/aromatic N) is 1. The zero-order chi connectivity index (χ0) is 13.3. The lowest BCUT2D eigenvalue weighted by Gasteiger charge is -2.16. The quantitative estimate of drug-likeness (QED) is 0.886. The fourth-order valence-electron chi connectivity index (χ4n) is 2.46. The van der Waals surface area contributed by atoms with Gasteiger partial charge in [0.1, 0.15) is 5.82 Å². The molecule has 0 unspecified atom stereocenters. The minimum Gasteiger partial charge on any atom is -0.384 e. The van der Waals surface area contributed by atoms with Gasteiger partial charge in [0.05, 0.1) is 5.52 Å². The van der Waals surface area contributed by atoms with Crippen LogP contribution < -0.4 is 5.32 Å². The lowest BCUT2D eigenvalue weighted by atomic mass is 10.0. The molecule has 0 spiro atoms. The van der Waals surface area contributed by atoms with E-state index in [1.165, 1.54) is 11.6 Å². The van der Waals surface area contributed by atoms with E-state index in [-0.39, 0.29) is 5.82 Å². The number of nitrogens with one attached hydrogen (secondary N) is 1. The highest BCUT2D eigenvalue weighted by Crippen LogP contribution is 2.31. The molecule has 3 heteroatoms. The zero-order valence-electron chi connectivity index (χ0n) is 11.4. The molecule has 1 N–H and O–H groups in total. The summed E-state index contributed by atoms with van der Waals surface area (Å²) in [6.45, 7) is 8.89. The van der Waals surface area contributed by atoms with Gasteiger partial charge in [-0.25, -0.2) is 4.39 Å². The van der Waals surface area contributed by atoms with Crippen LogP contribution in [0.25, 0.3) is 10.9 Å². The van der Waals surface area contributed by atoms with Crippen molar-refractivity contribution >= 4 is 16.6 Å². The summed E-state index contributed by atoms with van der Waals surface area (Å²) >= 11 is 0. The van der Waals surface area contributed by atoms with Crippen molar-refractivity contribution in [3.05, 3.63) is 34.8 Å². The summed E-state index contributed by atoms with van der Waals surface area (Å²) in [5.41, 5.74) is 5.01. The van der Waals surface area contributed by atoms with Crippen LogP contribution in [-0.2, 0) is 6.42 Å². The van der Waals surface area contributed by atoms with Crippen LogP contribution in [0.1, 0.15) is 30.7 Å². The van der Waals surface area contributed by atoms with E-state index in [1.807, 2.05) is 20.8 Å². The smallest absolute Gasteiger partial charge is 0.124 e. The Kier molecular flexibility index (Phi) is 3.50. The lowest BCUT2D eigenvalue weighted by Crippen LogP contribution is -2.05. The molecular weight excluding hydrogens is 227 g/mol. The maximum Gasteiger partial charge on any atom is 0.124 e. The fraction of sp³-hybridized carbons (Fsp3) is 0.400. The largest absolute Gasteiger partial charge is 0.384 e. The Hall–Kier alpha value is -1.64. The number of aryl methyl sites for hydroxylation is 2. The first-order valence-electron chi connectivity index (χ1n) is 6.41. The molecule has 0 saturated heterocycles. The lowest BCUT2D eigenvalue weighted by molar-refractivity contribution is 0.628. The van der Waals surface area contributed by atoms with Crippen LogP contribution in [0, 0.1) is 19.7 Å². The van der Waals surface area contributed by atoms with Crippen molar-refractivity contribution in [3.63, 3.8) is 0 Å². The molecule has 96 valence electrons. The maximum atomic E-state index is 13.6. The van der Waals surface area contributed by atoms with Crippen LogP contribution in [0.4, 0.5) is 10.1 Å². The highest BCUT2D eigenvalue weighted by atomic mass is 19.1. The molecule has 1 heterocycles. The average Bonchev–Trinajstić information content (AvgIpc) is 2.31. The number of hydrogen-bond acceptors (Lipinski definition) is 2. The maximum absolute atomic E-state index is 13.6. The van der Waals surface area contributed by atoms with Crippen LogP contribution in [0.2, 0.25) is 0 Å². The highest BCUT2D eigenvalue weighted by molar-refractivity contribution is 5.95. The van der Waals surface area contributed by atoms with Crippen molar-refractivity contribution in [3.8, 4) is 0 Å². The van der Waals surface area contributed by atoms with E-state index in [0.29, 0.717) is 0 Å². The molecule has 0 bridgehead atoms. The van der Waals surface area contributed by atoms with Crippen LogP contribution in [0.5, 0.6) is 0 Å². The van der Waals surface area contributed by atoms with Gasteiger partial charge >= 0.3 is 0 Å². The Morgan fingerprint density at radius 3 is 2.56 bits per heavy atom. The zero-order valence-corrected chi connectivity index (χ0v) is 11.4. The fourth-order valence-corrected chi connectivity index (χ4v) is 2.46. The first kappa shape index (κ1) is 12.8. The van der Waals surface area contributed by atoms with Gasteiger partial charge in [-0.1, -0.05) is 6.92 Å². The van der Waals surface area contributed by atoms with Gasteiger partial charge in [-0.2, -0.15) is 0 Å². The van der Waals surface area contributed by atoms with Gasteiger partial charge in [-0.05, 0) is 50.5 Å². The molecule has 0 aliphatic carbocycles. The first-order valence-corrected chi connectivity index (χ1v) is 6.41. The third-order valence-electron chi connectivity index (χ3n) is 3.26. The second-order valence-electron chi connectivity index (χ2n) is 4.55. The van der Waals surface area contributed by atoms with Gasteiger partial charge in [0.25, 0.3) is 0 Å². The standard InChI is InChI=1S/C15H19FN2/c1-5-12-10(4)18-14-9(3)7-11(16)8-13(14)15(12)17-6-2/h7-8H,5-6H2,1-4H3,(H,17,18). The number of pyridine rings is 1. The monoisotopic (exact) mass is 246 g/mol. The van der Waals surface area contributed by atoms with Crippen LogP contribution in [0.15, 0.2) is 12.1 Å². The third-order valence-corrected chi connectivity index (χ3v) is 3.26. The minimum absolute atomic E-state index is 0.202. The molecule has 0 saturated carbocycles. The SMILES string of the molecule is CCNc1c(CC)c(C)nc2c(C)cc(F)cc12. The van der Waals surface area contributed by atoms with Crippen LogP contribution in [-0.4, -0.2) is 11.5 Å². The molecular formula is C15H19FN2. The molecule has 1 aromatic heterocycles. The van der Waals surface area contributed by atoms with Gasteiger partial charge in [-0.3, -0.25) is 4.98 Å². The van der Waals surface area contributed by atoms with Crippen molar-refractivity contribution in [1.82, 2.24) is 4.98 Å². The summed E-state index contributed by atoms with van der Waals surface area (Å²) in [6.07, 6.45) is 0.896. The van der Waals surface area contributed by atoms with Gasteiger partial charge in [0, 0.05) is 23.3 Å². The molecule has 2 nitrogen and oxygen atoms in total. The van der Waals surface area contributed by atoms with Crippen molar-refractivity contribution in [2.75, 3.05) is 11.9 Å². The number of anilines is 1. The van der Waals surface area contributed by atoms with Gasteiger partial charge in [-0.15, -0.1) is 0 Å². The van der Waals surface area contributed by atoms with Crippen LogP contribution in [0.3, 0.4) is 0 Å². The summed E-state index contributed by atoms with van der Waals surface area (Å²) in [5, 5.41) is 4.24. The number of rotatable bonds is 3. The topological polar surface area (TPSA) is 24.9 Å². The Balaban J connectivity index is 2.87. The van der Waals surface area contributed by atoms with E-state index >= 15 is 0 Å². The summed E-state index contributed by atoms with van der Waals surface area (Å²) in [6, 6.07) is 3.11. The molecule has 0 atom stereocenters. The Morgan fingerprint density at radius 2 is 1.94 bits per heavy atom. The van der Waals surface area contributed by atoms with Gasteiger partial charge < -0.3 is 5.32 Å². The number of benzene rings is 1. The van der Waals surface area contributed by atoms with Crippen molar-refractivity contribution in [2.24, 2.45) is 0 Å². The Morgan fingerprint density at radius 1 is 1.22 bits per heavy atom. The van der Waals surface area contributed by atoms with Gasteiger partial charge in [0.15, 0.2) is 0 Å². The molecule has 0 radical (unpaired) electrons. The number of halogens is 1. The predicted molar refractivity (Wildman–Crippen MR) is 74.7 cm³/mol. The summed E-state index contributed by atoms with van der Waals surface area (Å²) < 4.78 is 13.6. The number of aromatic nitrogens is 1. The van der Waals surface area contributed by atoms with Crippen molar-refractivity contribution in [2.45, 2.75) is 34.1 Å². The number of fused-ring (bicyclic) bond motifs is 1. The molecule has 0 aliphatic rings. The molecule has 2 rings (SSSR count). The van der Waals surface area contributed by atoms with E-state index in [0.717, 1.165) is 40.8 Å². The number of hydrogen-bond donors (Lipinski definition) is 1. The van der Waals surface area contributed by atoms with Crippen LogP contribution >= 0.6 is 0 Å². The second-order valence-corrected chi connectivity index (χ2v) is 4.55. The van der Waals surface area contributed by atoms with E-state index in [4.69, 9.17) is 0 Å². The molecule has 18 heavy (non-hydrogen) atoms. The summed E-state index contributed by atoms with van der Waals surface area (Å²) in [4.78, 5) is 4.62. The van der Waals surface area contributed by atoms with Crippen molar-refractivity contribution in [1.29, 1.82) is 0 Å². The molecule has 0 amide bonds. The molecule has 0 aliphatic heterocycles. The average molecular weight is 246 g/mol. The van der Waals surface area contributed by atoms with E-state index in [2.05, 4.69) is 17.2 Å². The van der Waals surface area contributed by atoms with E-state index in [1.54, 1.807) is 6.07 Å². The van der Waals surface area contributed by atoms with E-state index in [9.17, 15) is 4.39 Å². The first-order chi connectivity index (χ1) is 8.58. The Bertz CT molecular complexity index is 591. The second kappa shape index (κ2) is 4.92.